The lowest BCUT2D eigenvalue weighted by Gasteiger charge is -2.18. The first-order chi connectivity index (χ1) is 16.5. The van der Waals surface area contributed by atoms with Crippen LogP contribution >= 0.6 is 23.2 Å². The molecular formula is C29H25Cl2NO2. The Morgan fingerprint density at radius 1 is 0.912 bits per heavy atom. The van der Waals surface area contributed by atoms with Crippen LogP contribution in [0.2, 0.25) is 10.0 Å². The second-order valence-corrected chi connectivity index (χ2v) is 9.70. The van der Waals surface area contributed by atoms with E-state index in [4.69, 9.17) is 23.2 Å². The predicted octanol–water partition coefficient (Wildman–Crippen LogP) is 7.36. The zero-order valence-corrected chi connectivity index (χ0v) is 20.2. The van der Waals surface area contributed by atoms with Crippen LogP contribution in [0.25, 0.3) is 17.2 Å². The highest BCUT2D eigenvalue weighted by molar-refractivity contribution is 6.36. The highest BCUT2D eigenvalue weighted by Gasteiger charge is 2.22. The van der Waals surface area contributed by atoms with Gasteiger partial charge < -0.3 is 10.4 Å². The summed E-state index contributed by atoms with van der Waals surface area (Å²) in [5.41, 5.74) is 9.38. The molecule has 0 saturated carbocycles. The van der Waals surface area contributed by atoms with Gasteiger partial charge in [-0.2, -0.15) is 0 Å². The van der Waals surface area contributed by atoms with E-state index in [9.17, 15) is 9.90 Å². The number of hydrogen-bond donors (Lipinski definition) is 2. The molecule has 5 rings (SSSR count). The number of benzene rings is 3. The summed E-state index contributed by atoms with van der Waals surface area (Å²) in [5, 5.41) is 14.1. The van der Waals surface area contributed by atoms with Gasteiger partial charge >= 0.3 is 5.97 Å². The predicted molar refractivity (Wildman–Crippen MR) is 141 cm³/mol. The van der Waals surface area contributed by atoms with E-state index < -0.39 is 5.97 Å². The molecule has 1 aliphatic heterocycles. The molecule has 1 heterocycles. The summed E-state index contributed by atoms with van der Waals surface area (Å²) in [6.45, 7) is 1.99. The number of hydrogen-bond acceptors (Lipinski definition) is 2. The van der Waals surface area contributed by atoms with E-state index in [0.29, 0.717) is 15.6 Å². The van der Waals surface area contributed by atoms with Crippen LogP contribution in [0.4, 0.5) is 0 Å². The summed E-state index contributed by atoms with van der Waals surface area (Å²) in [4.78, 5) is 11.6. The van der Waals surface area contributed by atoms with Crippen molar-refractivity contribution >= 4 is 46.4 Å². The van der Waals surface area contributed by atoms with E-state index in [1.165, 1.54) is 11.1 Å². The monoisotopic (exact) mass is 489 g/mol. The topological polar surface area (TPSA) is 49.3 Å². The van der Waals surface area contributed by atoms with Crippen molar-refractivity contribution in [1.29, 1.82) is 0 Å². The van der Waals surface area contributed by atoms with Gasteiger partial charge in [-0.05, 0) is 95.5 Å². The molecule has 0 unspecified atom stereocenters. The van der Waals surface area contributed by atoms with Crippen molar-refractivity contribution in [3.05, 3.63) is 110 Å². The number of halogens is 2. The minimum Gasteiger partial charge on any atom is -0.478 e. The molecule has 0 amide bonds. The highest BCUT2D eigenvalue weighted by atomic mass is 35.5. The Morgan fingerprint density at radius 2 is 1.71 bits per heavy atom. The van der Waals surface area contributed by atoms with Gasteiger partial charge in [0.25, 0.3) is 0 Å². The summed E-state index contributed by atoms with van der Waals surface area (Å²) in [7, 11) is 0. The molecule has 0 spiro atoms. The van der Waals surface area contributed by atoms with Gasteiger partial charge in [-0.1, -0.05) is 71.2 Å². The largest absolute Gasteiger partial charge is 0.478 e. The number of carbonyl (C=O) groups is 1. The van der Waals surface area contributed by atoms with E-state index >= 15 is 0 Å². The smallest absolute Gasteiger partial charge is 0.335 e. The lowest BCUT2D eigenvalue weighted by Crippen LogP contribution is -2.04. The number of nitrogens with one attached hydrogen (secondary N) is 1. The molecule has 0 aromatic heterocycles. The molecule has 5 heteroatoms. The van der Waals surface area contributed by atoms with Gasteiger partial charge in [-0.25, -0.2) is 4.79 Å². The van der Waals surface area contributed by atoms with Gasteiger partial charge in [0.15, 0.2) is 0 Å². The SMILES string of the molecule is O=C(O)c1ccc2c(c1)CCCC(c1ccc(Cl)cc1Cl)=C2c1ccc(/C=C2/CCNC2)cc1. The zero-order valence-electron chi connectivity index (χ0n) is 18.7. The maximum atomic E-state index is 11.6. The first-order valence-electron chi connectivity index (χ1n) is 11.6. The summed E-state index contributed by atoms with van der Waals surface area (Å²) >= 11 is 12.9. The van der Waals surface area contributed by atoms with Crippen molar-refractivity contribution in [2.75, 3.05) is 13.1 Å². The molecule has 1 aliphatic carbocycles. The number of fused-ring (bicyclic) bond motifs is 1. The molecular weight excluding hydrogens is 465 g/mol. The molecule has 34 heavy (non-hydrogen) atoms. The van der Waals surface area contributed by atoms with Crippen LogP contribution in [0.15, 0.2) is 66.2 Å². The molecule has 2 aliphatic rings. The van der Waals surface area contributed by atoms with Crippen molar-refractivity contribution < 1.29 is 9.90 Å². The third-order valence-electron chi connectivity index (χ3n) is 6.60. The molecule has 0 atom stereocenters. The normalized spacial score (nSPS) is 17.1. The molecule has 0 radical (unpaired) electrons. The van der Waals surface area contributed by atoms with Crippen molar-refractivity contribution in [2.45, 2.75) is 25.7 Å². The Morgan fingerprint density at radius 3 is 2.41 bits per heavy atom. The number of carboxylic acid groups (broad SMARTS) is 1. The Bertz CT molecular complexity index is 1310. The fraction of sp³-hybridized carbons (Fsp3) is 0.207. The Kier molecular flexibility index (Phi) is 6.60. The average Bonchev–Trinajstić information content (AvgIpc) is 3.25. The van der Waals surface area contributed by atoms with E-state index in [1.54, 1.807) is 12.1 Å². The third-order valence-corrected chi connectivity index (χ3v) is 7.15. The van der Waals surface area contributed by atoms with Crippen molar-refractivity contribution in [3.63, 3.8) is 0 Å². The van der Waals surface area contributed by atoms with Crippen molar-refractivity contribution in [3.8, 4) is 0 Å². The molecule has 3 aromatic carbocycles. The van der Waals surface area contributed by atoms with Gasteiger partial charge in [-0.3, -0.25) is 0 Å². The van der Waals surface area contributed by atoms with E-state index in [2.05, 4.69) is 35.7 Å². The van der Waals surface area contributed by atoms with Gasteiger partial charge in [0.1, 0.15) is 0 Å². The van der Waals surface area contributed by atoms with Crippen molar-refractivity contribution in [2.24, 2.45) is 0 Å². The first kappa shape index (κ1) is 22.9. The van der Waals surface area contributed by atoms with Gasteiger partial charge in [0.05, 0.1) is 5.56 Å². The maximum Gasteiger partial charge on any atom is 0.335 e. The van der Waals surface area contributed by atoms with Crippen LogP contribution in [0.3, 0.4) is 0 Å². The zero-order chi connectivity index (χ0) is 23.7. The lowest BCUT2D eigenvalue weighted by molar-refractivity contribution is 0.0696. The number of carboxylic acids is 1. The molecule has 2 N–H and O–H groups in total. The number of allylic oxidation sites excluding steroid dienone is 1. The fourth-order valence-electron chi connectivity index (χ4n) is 4.95. The summed E-state index contributed by atoms with van der Waals surface area (Å²) in [6, 6.07) is 19.7. The highest BCUT2D eigenvalue weighted by Crippen LogP contribution is 2.42. The minimum absolute atomic E-state index is 0.318. The molecule has 1 saturated heterocycles. The molecule has 0 bridgehead atoms. The number of rotatable bonds is 4. The Hall–Kier alpha value is -2.85. The van der Waals surface area contributed by atoms with Gasteiger partial charge in [0.2, 0.25) is 0 Å². The van der Waals surface area contributed by atoms with E-state index in [1.807, 2.05) is 24.3 Å². The molecule has 1 fully saturated rings. The van der Waals surface area contributed by atoms with Crippen LogP contribution in [0.1, 0.15) is 57.4 Å². The molecule has 3 nitrogen and oxygen atoms in total. The third kappa shape index (κ3) is 4.69. The lowest BCUT2D eigenvalue weighted by atomic mass is 9.87. The molecule has 172 valence electrons. The second-order valence-electron chi connectivity index (χ2n) is 8.86. The van der Waals surface area contributed by atoms with Crippen molar-refractivity contribution in [1.82, 2.24) is 5.32 Å². The summed E-state index contributed by atoms with van der Waals surface area (Å²) < 4.78 is 0. The minimum atomic E-state index is -0.905. The second kappa shape index (κ2) is 9.79. The number of aromatic carboxylic acids is 1. The Balaban J connectivity index is 1.68. The summed E-state index contributed by atoms with van der Waals surface area (Å²) in [5.74, 6) is -0.905. The van der Waals surface area contributed by atoms with Crippen LogP contribution in [0.5, 0.6) is 0 Å². The van der Waals surface area contributed by atoms with E-state index in [-0.39, 0.29) is 0 Å². The van der Waals surface area contributed by atoms with Crippen LogP contribution in [-0.4, -0.2) is 24.2 Å². The summed E-state index contributed by atoms with van der Waals surface area (Å²) in [6.07, 6.45) is 5.91. The van der Waals surface area contributed by atoms with Crippen LogP contribution < -0.4 is 5.32 Å². The standard InChI is InChI=1S/C29H25Cl2NO2/c30-23-9-11-25(27(31)16-23)26-3-1-2-21-15-22(29(33)34)8-10-24(21)28(26)20-6-4-18(5-7-20)14-19-12-13-32-17-19/h4-11,14-16,32H,1-3,12-13,17H2,(H,33,34)/b19-14-. The Labute approximate surface area is 209 Å². The number of aryl methyl sites for hydroxylation is 1. The quantitative estimate of drug-likeness (QED) is 0.402. The first-order valence-corrected chi connectivity index (χ1v) is 12.3. The van der Waals surface area contributed by atoms with Crippen LogP contribution in [0, 0.1) is 0 Å². The fourth-order valence-corrected chi connectivity index (χ4v) is 5.47. The van der Waals surface area contributed by atoms with Crippen LogP contribution in [-0.2, 0) is 6.42 Å². The average molecular weight is 490 g/mol. The van der Waals surface area contributed by atoms with Gasteiger partial charge in [-0.15, -0.1) is 0 Å². The maximum absolute atomic E-state index is 11.6. The van der Waals surface area contributed by atoms with Gasteiger partial charge in [0, 0.05) is 16.6 Å². The van der Waals surface area contributed by atoms with E-state index in [0.717, 1.165) is 72.2 Å². The molecule has 3 aromatic rings.